The van der Waals surface area contributed by atoms with Gasteiger partial charge in [0.1, 0.15) is 0 Å². The van der Waals surface area contributed by atoms with Crippen LogP contribution in [0.5, 0.6) is 0 Å². The van der Waals surface area contributed by atoms with E-state index >= 15 is 0 Å². The Morgan fingerprint density at radius 1 is 0.312 bits per heavy atom. The summed E-state index contributed by atoms with van der Waals surface area (Å²) in [5.74, 6) is 0. The molecule has 0 heteroatoms. The van der Waals surface area contributed by atoms with Gasteiger partial charge in [0, 0.05) is 0 Å². The maximum atomic E-state index is 2.68. The first kappa shape index (κ1) is 28.0. The van der Waals surface area contributed by atoms with Crippen LogP contribution in [0.25, 0.3) is 0 Å². The lowest BCUT2D eigenvalue weighted by molar-refractivity contribution is -0.315. The molecule has 0 heterocycles. The minimum Gasteiger partial charge on any atom is -0.0676 e. The summed E-state index contributed by atoms with van der Waals surface area (Å²) >= 11 is 0. The van der Waals surface area contributed by atoms with E-state index in [4.69, 9.17) is 0 Å². The van der Waals surface area contributed by atoms with Crippen LogP contribution in [-0.4, -0.2) is 0 Å². The number of fused-ring (bicyclic) bond motifs is 6. The van der Waals surface area contributed by atoms with E-state index in [1.807, 2.05) is 0 Å². The Bertz CT molecular complexity index is 789. The summed E-state index contributed by atoms with van der Waals surface area (Å²) in [6.45, 7) is 51.9. The van der Waals surface area contributed by atoms with E-state index in [-0.39, 0.29) is 54.1 Å². The zero-order valence-electron chi connectivity index (χ0n) is 26.0. The summed E-state index contributed by atoms with van der Waals surface area (Å²) < 4.78 is 0. The average Bonchev–Trinajstić information content (AvgIpc) is 2.62. The van der Waals surface area contributed by atoms with Gasteiger partial charge < -0.3 is 0 Å². The molecule has 0 unspecified atom stereocenters. The fourth-order valence-corrected chi connectivity index (χ4v) is 10.1. The van der Waals surface area contributed by atoms with Crippen LogP contribution in [0.15, 0.2) is 11.1 Å². The number of hydrogen-bond donors (Lipinski definition) is 0. The molecule has 3 aliphatic rings. The van der Waals surface area contributed by atoms with Gasteiger partial charge in [-0.25, -0.2) is 0 Å². The second-order valence-electron chi connectivity index (χ2n) is 16.5. The summed E-state index contributed by atoms with van der Waals surface area (Å²) in [4.78, 5) is 0. The van der Waals surface area contributed by atoms with Crippen molar-refractivity contribution >= 4 is 0 Å². The summed E-state index contributed by atoms with van der Waals surface area (Å²) in [5.41, 5.74) is 3.92. The standard InChI is InChI=1S/C32H60/c1-21-22(2)31(19)27(11,12)25(7,8)29(15,16)32(20,24(5,6)23(21,3)4)30(17,18)26(9,10)28(31,13)14/h1-20H3/b22-21-. The van der Waals surface area contributed by atoms with Crippen molar-refractivity contribution in [3.8, 4) is 0 Å². The molecule has 3 rings (SSSR count). The molecule has 0 N–H and O–H groups in total. The average molecular weight is 445 g/mol. The molecular weight excluding hydrogens is 384 g/mol. The van der Waals surface area contributed by atoms with Crippen molar-refractivity contribution in [1.29, 1.82) is 0 Å². The minimum absolute atomic E-state index is 0.0185. The van der Waals surface area contributed by atoms with Gasteiger partial charge in [0.2, 0.25) is 0 Å². The van der Waals surface area contributed by atoms with Crippen LogP contribution in [0.1, 0.15) is 138 Å². The highest BCUT2D eigenvalue weighted by atomic mass is 14.8. The number of rotatable bonds is 0. The molecule has 0 aromatic rings. The fourth-order valence-electron chi connectivity index (χ4n) is 10.1. The van der Waals surface area contributed by atoms with Crippen molar-refractivity contribution in [2.75, 3.05) is 0 Å². The highest BCUT2D eigenvalue weighted by Crippen LogP contribution is 2.85. The van der Waals surface area contributed by atoms with Gasteiger partial charge in [-0.05, 0) is 68.0 Å². The van der Waals surface area contributed by atoms with Crippen molar-refractivity contribution in [2.24, 2.45) is 54.1 Å². The summed E-state index contributed by atoms with van der Waals surface area (Å²) in [6, 6.07) is 0. The van der Waals surface area contributed by atoms with Crippen molar-refractivity contribution in [3.05, 3.63) is 11.1 Å². The second-order valence-corrected chi connectivity index (χ2v) is 16.5. The SMILES string of the molecule is C/C1=C(\C)C2(C)C(C)(C)C(C)(C)C(C)(C)C(C)(C(C)(C)C1(C)C)C(C)(C)C(C)(C)C2(C)C. The molecule has 0 spiro atoms. The second kappa shape index (κ2) is 6.29. The summed E-state index contributed by atoms with van der Waals surface area (Å²) in [7, 11) is 0. The van der Waals surface area contributed by atoms with Crippen molar-refractivity contribution in [2.45, 2.75) is 138 Å². The Hall–Kier alpha value is -0.260. The largest absolute Gasteiger partial charge is 0.0676 e. The molecule has 2 bridgehead atoms. The Kier molecular flexibility index (Phi) is 5.50. The lowest BCUT2D eigenvalue weighted by Crippen LogP contribution is -2.74. The molecule has 0 aromatic heterocycles. The minimum atomic E-state index is 0.0185. The highest BCUT2D eigenvalue weighted by molar-refractivity contribution is 5.38. The van der Waals surface area contributed by atoms with Gasteiger partial charge in [0.05, 0.1) is 0 Å². The van der Waals surface area contributed by atoms with Gasteiger partial charge in [-0.2, -0.15) is 0 Å². The Balaban J connectivity index is 3.53. The zero-order valence-corrected chi connectivity index (χ0v) is 26.0. The molecule has 0 nitrogen and oxygen atoms in total. The maximum Gasteiger partial charge on any atom is -0.000357 e. The quantitative estimate of drug-likeness (QED) is 0.326. The molecule has 0 atom stereocenters. The highest BCUT2D eigenvalue weighted by Gasteiger charge is 2.79. The van der Waals surface area contributed by atoms with Crippen LogP contribution in [0.3, 0.4) is 0 Å². The summed E-state index contributed by atoms with van der Waals surface area (Å²) in [6.07, 6.45) is 0. The smallest absolute Gasteiger partial charge is 0.000357 e. The van der Waals surface area contributed by atoms with Crippen LogP contribution in [0.2, 0.25) is 0 Å². The molecule has 0 radical (unpaired) electrons. The van der Waals surface area contributed by atoms with Gasteiger partial charge >= 0.3 is 0 Å². The molecule has 1 saturated carbocycles. The topological polar surface area (TPSA) is 0 Å². The van der Waals surface area contributed by atoms with E-state index in [0.717, 1.165) is 0 Å². The molecule has 3 aliphatic carbocycles. The molecule has 1 fully saturated rings. The van der Waals surface area contributed by atoms with Crippen LogP contribution < -0.4 is 0 Å². The third-order valence-electron chi connectivity index (χ3n) is 16.3. The van der Waals surface area contributed by atoms with E-state index in [2.05, 4.69) is 138 Å². The normalized spacial score (nSPS) is 42.4. The van der Waals surface area contributed by atoms with Gasteiger partial charge in [-0.15, -0.1) is 0 Å². The molecular formula is C32H60. The van der Waals surface area contributed by atoms with Crippen LogP contribution >= 0.6 is 0 Å². The Morgan fingerprint density at radius 3 is 0.875 bits per heavy atom. The maximum absolute atomic E-state index is 2.68. The lowest BCUT2D eigenvalue weighted by atomic mass is 9.24. The third kappa shape index (κ3) is 2.20. The van der Waals surface area contributed by atoms with E-state index < -0.39 is 0 Å². The Labute approximate surface area is 203 Å². The first-order valence-corrected chi connectivity index (χ1v) is 13.2. The third-order valence-corrected chi connectivity index (χ3v) is 16.3. The fraction of sp³-hybridized carbons (Fsp3) is 0.938. The van der Waals surface area contributed by atoms with Crippen molar-refractivity contribution in [3.63, 3.8) is 0 Å². The number of hydrogen-bond acceptors (Lipinski definition) is 0. The predicted octanol–water partition coefficient (Wildman–Crippen LogP) is 10.6. The lowest BCUT2D eigenvalue weighted by Gasteiger charge is -2.80. The van der Waals surface area contributed by atoms with Gasteiger partial charge in [-0.3, -0.25) is 0 Å². The summed E-state index contributed by atoms with van der Waals surface area (Å²) in [5, 5.41) is 0. The van der Waals surface area contributed by atoms with Crippen molar-refractivity contribution in [1.82, 2.24) is 0 Å². The van der Waals surface area contributed by atoms with Crippen LogP contribution in [-0.2, 0) is 0 Å². The predicted molar refractivity (Wildman–Crippen MR) is 145 cm³/mol. The molecule has 0 saturated heterocycles. The van der Waals surface area contributed by atoms with Crippen LogP contribution in [0, 0.1) is 54.1 Å². The molecule has 32 heavy (non-hydrogen) atoms. The first-order chi connectivity index (χ1) is 13.6. The zero-order chi connectivity index (χ0) is 26.2. The van der Waals surface area contributed by atoms with E-state index in [1.54, 1.807) is 11.1 Å². The first-order valence-electron chi connectivity index (χ1n) is 13.2. The van der Waals surface area contributed by atoms with Crippen molar-refractivity contribution < 1.29 is 0 Å². The molecule has 188 valence electrons. The Morgan fingerprint density at radius 2 is 0.594 bits per heavy atom. The van der Waals surface area contributed by atoms with E-state index in [1.165, 1.54) is 0 Å². The molecule has 0 aliphatic heterocycles. The van der Waals surface area contributed by atoms with Gasteiger partial charge in [0.15, 0.2) is 0 Å². The van der Waals surface area contributed by atoms with Gasteiger partial charge in [0.25, 0.3) is 0 Å². The number of allylic oxidation sites excluding steroid dienone is 2. The van der Waals surface area contributed by atoms with Gasteiger partial charge in [-0.1, -0.05) is 136 Å². The van der Waals surface area contributed by atoms with E-state index in [0.29, 0.717) is 0 Å². The molecule has 0 amide bonds. The molecule has 0 aromatic carbocycles. The van der Waals surface area contributed by atoms with E-state index in [9.17, 15) is 0 Å². The monoisotopic (exact) mass is 444 g/mol. The van der Waals surface area contributed by atoms with Crippen LogP contribution in [0.4, 0.5) is 0 Å².